The predicted octanol–water partition coefficient (Wildman–Crippen LogP) is 4.55. The van der Waals surface area contributed by atoms with Crippen LogP contribution in [0.3, 0.4) is 0 Å². The maximum Gasteiger partial charge on any atom is 0.262 e. The number of carbonyl (C=O) groups excluding carboxylic acids is 1. The molecule has 1 heterocycles. The van der Waals surface area contributed by atoms with Gasteiger partial charge in [-0.05, 0) is 42.3 Å². The number of nitrogens with one attached hydrogen (secondary N) is 1. The summed E-state index contributed by atoms with van der Waals surface area (Å²) in [6, 6.07) is 11.3. The van der Waals surface area contributed by atoms with Crippen molar-refractivity contribution >= 4 is 38.9 Å². The fourth-order valence-corrected chi connectivity index (χ4v) is 4.22. The zero-order chi connectivity index (χ0) is 19.4. The fraction of sp³-hybridized carbons (Fsp3) is 0.250. The van der Waals surface area contributed by atoms with Gasteiger partial charge in [0, 0.05) is 16.6 Å². The summed E-state index contributed by atoms with van der Waals surface area (Å²) in [4.78, 5) is 13.0. The molecule has 142 valence electrons. The van der Waals surface area contributed by atoms with Gasteiger partial charge in [0.25, 0.3) is 5.91 Å². The van der Waals surface area contributed by atoms with Crippen LogP contribution in [0.5, 0.6) is 17.2 Å². The molecule has 0 saturated heterocycles. The quantitative estimate of drug-likeness (QED) is 0.626. The minimum atomic E-state index is -0.180. The Morgan fingerprint density at radius 2 is 1.81 bits per heavy atom. The zero-order valence-electron chi connectivity index (χ0n) is 15.3. The molecule has 0 radical (unpaired) electrons. The van der Waals surface area contributed by atoms with E-state index in [-0.39, 0.29) is 5.91 Å². The van der Waals surface area contributed by atoms with Crippen LogP contribution in [0.15, 0.2) is 36.4 Å². The smallest absolute Gasteiger partial charge is 0.262 e. The third kappa shape index (κ3) is 4.12. The van der Waals surface area contributed by atoms with E-state index < -0.39 is 0 Å². The van der Waals surface area contributed by atoms with E-state index in [4.69, 9.17) is 25.8 Å². The summed E-state index contributed by atoms with van der Waals surface area (Å²) in [5.74, 6) is 1.90. The van der Waals surface area contributed by atoms with Gasteiger partial charge < -0.3 is 19.5 Å². The highest BCUT2D eigenvalue weighted by Crippen LogP contribution is 2.37. The zero-order valence-corrected chi connectivity index (χ0v) is 16.9. The largest absolute Gasteiger partial charge is 0.497 e. The first-order chi connectivity index (χ1) is 13.1. The summed E-state index contributed by atoms with van der Waals surface area (Å²) in [6.45, 7) is 0.488. The van der Waals surface area contributed by atoms with E-state index in [1.54, 1.807) is 21.3 Å². The van der Waals surface area contributed by atoms with Gasteiger partial charge in [-0.15, -0.1) is 11.3 Å². The van der Waals surface area contributed by atoms with Gasteiger partial charge in [0.15, 0.2) is 11.5 Å². The third-order valence-corrected chi connectivity index (χ3v) is 5.85. The molecule has 5 nitrogen and oxygen atoms in total. The highest BCUT2D eigenvalue weighted by molar-refractivity contribution is 7.21. The van der Waals surface area contributed by atoms with E-state index in [0.29, 0.717) is 34.4 Å². The summed E-state index contributed by atoms with van der Waals surface area (Å²) < 4.78 is 16.7. The highest BCUT2D eigenvalue weighted by Gasteiger charge is 2.17. The van der Waals surface area contributed by atoms with E-state index in [1.807, 2.05) is 36.4 Å². The Balaban J connectivity index is 1.67. The second-order valence-corrected chi connectivity index (χ2v) is 7.23. The Labute approximate surface area is 166 Å². The Hall–Kier alpha value is -2.44. The molecule has 0 saturated carbocycles. The SMILES string of the molecule is COc1ccc2c(Cl)c(C(=O)NCCc3ccc(OC)c(OC)c3)sc2c1. The second kappa shape index (κ2) is 8.50. The molecule has 27 heavy (non-hydrogen) atoms. The Bertz CT molecular complexity index is 970. The summed E-state index contributed by atoms with van der Waals surface area (Å²) in [7, 11) is 4.81. The molecule has 0 aliphatic rings. The van der Waals surface area contributed by atoms with E-state index in [0.717, 1.165) is 21.4 Å². The molecule has 1 N–H and O–H groups in total. The molecule has 0 atom stereocenters. The van der Waals surface area contributed by atoms with Gasteiger partial charge in [-0.1, -0.05) is 17.7 Å². The van der Waals surface area contributed by atoms with Gasteiger partial charge in [-0.2, -0.15) is 0 Å². The van der Waals surface area contributed by atoms with Gasteiger partial charge in [-0.25, -0.2) is 0 Å². The fourth-order valence-electron chi connectivity index (χ4n) is 2.76. The van der Waals surface area contributed by atoms with Crippen LogP contribution in [-0.2, 0) is 6.42 Å². The number of fused-ring (bicyclic) bond motifs is 1. The standard InChI is InChI=1S/C20H20ClNO4S/c1-24-13-5-6-14-17(11-13)27-19(18(14)21)20(23)22-9-8-12-4-7-15(25-2)16(10-12)26-3/h4-7,10-11H,8-9H2,1-3H3,(H,22,23). The molecule has 7 heteroatoms. The summed E-state index contributed by atoms with van der Waals surface area (Å²) in [5, 5.41) is 4.26. The van der Waals surface area contributed by atoms with Crippen molar-refractivity contribution in [1.82, 2.24) is 5.32 Å². The van der Waals surface area contributed by atoms with Crippen molar-refractivity contribution in [2.24, 2.45) is 0 Å². The first-order valence-electron chi connectivity index (χ1n) is 8.32. The van der Waals surface area contributed by atoms with Crippen molar-refractivity contribution in [3.05, 3.63) is 51.9 Å². The molecule has 0 fully saturated rings. The van der Waals surface area contributed by atoms with Crippen LogP contribution in [0, 0.1) is 0 Å². The summed E-state index contributed by atoms with van der Waals surface area (Å²) in [6.07, 6.45) is 0.669. The van der Waals surface area contributed by atoms with Crippen molar-refractivity contribution in [3.8, 4) is 17.2 Å². The van der Waals surface area contributed by atoms with E-state index in [1.165, 1.54) is 11.3 Å². The number of methoxy groups -OCH3 is 3. The van der Waals surface area contributed by atoms with Crippen molar-refractivity contribution in [3.63, 3.8) is 0 Å². The molecule has 2 aromatic carbocycles. The lowest BCUT2D eigenvalue weighted by Gasteiger charge is -2.10. The minimum Gasteiger partial charge on any atom is -0.497 e. The molecular formula is C20H20ClNO4S. The molecule has 3 aromatic rings. The van der Waals surface area contributed by atoms with Crippen LogP contribution >= 0.6 is 22.9 Å². The number of halogens is 1. The second-order valence-electron chi connectivity index (χ2n) is 5.80. The van der Waals surface area contributed by atoms with Crippen LogP contribution < -0.4 is 19.5 Å². The van der Waals surface area contributed by atoms with Crippen LogP contribution in [0.25, 0.3) is 10.1 Å². The lowest BCUT2D eigenvalue weighted by molar-refractivity contribution is 0.0958. The van der Waals surface area contributed by atoms with Crippen LogP contribution in [0.2, 0.25) is 5.02 Å². The van der Waals surface area contributed by atoms with Gasteiger partial charge >= 0.3 is 0 Å². The Morgan fingerprint density at radius 1 is 1.04 bits per heavy atom. The molecule has 0 bridgehead atoms. The van der Waals surface area contributed by atoms with Crippen molar-refractivity contribution in [1.29, 1.82) is 0 Å². The van der Waals surface area contributed by atoms with Crippen LogP contribution in [0.4, 0.5) is 0 Å². The number of amides is 1. The van der Waals surface area contributed by atoms with Crippen molar-refractivity contribution in [2.45, 2.75) is 6.42 Å². The maximum absolute atomic E-state index is 12.5. The summed E-state index contributed by atoms with van der Waals surface area (Å²) in [5.41, 5.74) is 1.04. The first-order valence-corrected chi connectivity index (χ1v) is 9.52. The molecular weight excluding hydrogens is 386 g/mol. The number of rotatable bonds is 7. The van der Waals surface area contributed by atoms with Gasteiger partial charge in [0.1, 0.15) is 10.6 Å². The van der Waals surface area contributed by atoms with Gasteiger partial charge in [0.2, 0.25) is 0 Å². The first kappa shape index (κ1) is 19.3. The third-order valence-electron chi connectivity index (χ3n) is 4.19. The van der Waals surface area contributed by atoms with Crippen LogP contribution in [-0.4, -0.2) is 33.8 Å². The molecule has 0 aliphatic heterocycles. The van der Waals surface area contributed by atoms with E-state index >= 15 is 0 Å². The average Bonchev–Trinajstić information content (AvgIpc) is 3.03. The number of thiophene rings is 1. The topological polar surface area (TPSA) is 56.8 Å². The Morgan fingerprint density at radius 3 is 2.52 bits per heavy atom. The molecule has 0 unspecified atom stereocenters. The number of ether oxygens (including phenoxy) is 3. The average molecular weight is 406 g/mol. The minimum absolute atomic E-state index is 0.180. The maximum atomic E-state index is 12.5. The monoisotopic (exact) mass is 405 g/mol. The molecule has 0 spiro atoms. The van der Waals surface area contributed by atoms with Crippen molar-refractivity contribution < 1.29 is 19.0 Å². The van der Waals surface area contributed by atoms with Gasteiger partial charge in [-0.3, -0.25) is 4.79 Å². The van der Waals surface area contributed by atoms with E-state index in [9.17, 15) is 4.79 Å². The molecule has 1 aromatic heterocycles. The number of hydrogen-bond donors (Lipinski definition) is 1. The predicted molar refractivity (Wildman–Crippen MR) is 109 cm³/mol. The lowest BCUT2D eigenvalue weighted by Crippen LogP contribution is -2.25. The molecule has 1 amide bonds. The summed E-state index contributed by atoms with van der Waals surface area (Å²) >= 11 is 7.75. The molecule has 3 rings (SSSR count). The van der Waals surface area contributed by atoms with Gasteiger partial charge in [0.05, 0.1) is 26.4 Å². The lowest BCUT2D eigenvalue weighted by atomic mass is 10.1. The van der Waals surface area contributed by atoms with Crippen LogP contribution in [0.1, 0.15) is 15.2 Å². The number of benzene rings is 2. The normalized spacial score (nSPS) is 10.7. The molecule has 0 aliphatic carbocycles. The highest BCUT2D eigenvalue weighted by atomic mass is 35.5. The Kier molecular flexibility index (Phi) is 6.08. The van der Waals surface area contributed by atoms with Crippen molar-refractivity contribution in [2.75, 3.05) is 27.9 Å². The van der Waals surface area contributed by atoms with E-state index in [2.05, 4.69) is 5.32 Å². The number of carbonyl (C=O) groups is 1. The number of hydrogen-bond acceptors (Lipinski definition) is 5.